The van der Waals surface area contributed by atoms with Gasteiger partial charge in [-0.2, -0.15) is 0 Å². The Balaban J connectivity index is 1.25. The van der Waals surface area contributed by atoms with E-state index in [0.29, 0.717) is 24.0 Å². The van der Waals surface area contributed by atoms with Crippen LogP contribution >= 0.6 is 0 Å². The van der Waals surface area contributed by atoms with Crippen molar-refractivity contribution < 1.29 is 14.3 Å². The van der Waals surface area contributed by atoms with Crippen LogP contribution in [0.3, 0.4) is 0 Å². The van der Waals surface area contributed by atoms with Crippen molar-refractivity contribution in [3.63, 3.8) is 0 Å². The van der Waals surface area contributed by atoms with E-state index in [1.807, 2.05) is 0 Å². The number of imidazole rings is 1. The van der Waals surface area contributed by atoms with Crippen LogP contribution in [0.5, 0.6) is 0 Å². The van der Waals surface area contributed by atoms with Crippen molar-refractivity contribution in [3.8, 4) is 0 Å². The van der Waals surface area contributed by atoms with Gasteiger partial charge >= 0.3 is 5.97 Å². The van der Waals surface area contributed by atoms with Crippen LogP contribution in [0.25, 0.3) is 11.2 Å². The van der Waals surface area contributed by atoms with Gasteiger partial charge in [0.1, 0.15) is 12.8 Å². The lowest BCUT2D eigenvalue weighted by Crippen LogP contribution is -2.19. The summed E-state index contributed by atoms with van der Waals surface area (Å²) in [6, 6.07) is 0. The summed E-state index contributed by atoms with van der Waals surface area (Å²) in [6.07, 6.45) is 25.5. The molecular formula is C37H54N4O4. The number of hydrogen-bond donors (Lipinski definition) is 1. The SMILES string of the molecule is CC(C)=CCCC(C)=CCCC(C)=CCCC=C(C)CCC=C(C)CCC(=O)OCC1CCC(n2cnc3c(=O)[nH]cnc32)O1. The minimum atomic E-state index is -0.277. The van der Waals surface area contributed by atoms with Crippen molar-refractivity contribution in [2.45, 2.75) is 131 Å². The molecule has 1 fully saturated rings. The highest BCUT2D eigenvalue weighted by atomic mass is 16.6. The van der Waals surface area contributed by atoms with Crippen molar-refractivity contribution in [1.29, 1.82) is 0 Å². The lowest BCUT2D eigenvalue weighted by Gasteiger charge is -2.15. The van der Waals surface area contributed by atoms with Crippen LogP contribution in [0.15, 0.2) is 75.7 Å². The molecule has 1 saturated heterocycles. The predicted octanol–water partition coefficient (Wildman–Crippen LogP) is 8.99. The van der Waals surface area contributed by atoms with E-state index in [9.17, 15) is 9.59 Å². The molecule has 2 unspecified atom stereocenters. The molecule has 2 aromatic rings. The number of carbonyl (C=O) groups is 1. The molecule has 2 atom stereocenters. The fourth-order valence-corrected chi connectivity index (χ4v) is 5.39. The van der Waals surface area contributed by atoms with Gasteiger partial charge in [0.05, 0.1) is 18.8 Å². The Labute approximate surface area is 269 Å². The summed E-state index contributed by atoms with van der Waals surface area (Å²) in [5, 5.41) is 0. The minimum Gasteiger partial charge on any atom is -0.463 e. The molecule has 2 aromatic heterocycles. The number of H-pyrrole nitrogens is 1. The zero-order chi connectivity index (χ0) is 32.6. The summed E-state index contributed by atoms with van der Waals surface area (Å²) in [7, 11) is 0. The Morgan fingerprint density at radius 1 is 0.822 bits per heavy atom. The first kappa shape index (κ1) is 36.0. The molecule has 0 amide bonds. The van der Waals surface area contributed by atoms with Gasteiger partial charge in [0.25, 0.3) is 5.56 Å². The molecule has 0 aliphatic carbocycles. The number of rotatable bonds is 18. The molecule has 1 aliphatic heterocycles. The number of unbranched alkanes of at least 4 members (excludes halogenated alkanes) is 1. The molecule has 1 N–H and O–H groups in total. The Kier molecular flexibility index (Phi) is 15.3. The number of esters is 1. The van der Waals surface area contributed by atoms with Gasteiger partial charge in [-0.05, 0) is 112 Å². The van der Waals surface area contributed by atoms with E-state index in [0.717, 1.165) is 64.2 Å². The van der Waals surface area contributed by atoms with Crippen molar-refractivity contribution in [1.82, 2.24) is 19.5 Å². The number of aromatic amines is 1. The average Bonchev–Trinajstić information content (AvgIpc) is 3.65. The summed E-state index contributed by atoms with van der Waals surface area (Å²) in [4.78, 5) is 35.2. The fourth-order valence-electron chi connectivity index (χ4n) is 5.39. The van der Waals surface area contributed by atoms with E-state index in [4.69, 9.17) is 9.47 Å². The first-order valence-electron chi connectivity index (χ1n) is 16.6. The zero-order valence-electron chi connectivity index (χ0n) is 28.4. The van der Waals surface area contributed by atoms with Gasteiger partial charge in [-0.1, -0.05) is 58.2 Å². The van der Waals surface area contributed by atoms with Gasteiger partial charge in [0.2, 0.25) is 0 Å². The number of nitrogens with zero attached hydrogens (tertiary/aromatic N) is 3. The number of ether oxygens (including phenoxy) is 2. The van der Waals surface area contributed by atoms with Crippen LogP contribution in [0, 0.1) is 0 Å². The van der Waals surface area contributed by atoms with Crippen LogP contribution in [-0.4, -0.2) is 38.2 Å². The van der Waals surface area contributed by atoms with Crippen molar-refractivity contribution in [2.75, 3.05) is 6.61 Å². The first-order chi connectivity index (χ1) is 21.6. The summed E-state index contributed by atoms with van der Waals surface area (Å²) < 4.78 is 13.3. The second-order valence-electron chi connectivity index (χ2n) is 12.7. The van der Waals surface area contributed by atoms with Gasteiger partial charge in [0, 0.05) is 6.42 Å². The maximum Gasteiger partial charge on any atom is 0.306 e. The smallest absolute Gasteiger partial charge is 0.306 e. The second kappa shape index (κ2) is 19.1. The third-order valence-electron chi connectivity index (χ3n) is 8.22. The molecule has 8 heteroatoms. The van der Waals surface area contributed by atoms with Gasteiger partial charge in [0.15, 0.2) is 11.2 Å². The van der Waals surface area contributed by atoms with Crippen LogP contribution in [0.2, 0.25) is 0 Å². The number of hydrogen-bond acceptors (Lipinski definition) is 6. The highest BCUT2D eigenvalue weighted by Crippen LogP contribution is 2.30. The van der Waals surface area contributed by atoms with Crippen LogP contribution < -0.4 is 5.56 Å². The van der Waals surface area contributed by atoms with Crippen molar-refractivity contribution >= 4 is 17.1 Å². The molecule has 1 aliphatic rings. The van der Waals surface area contributed by atoms with Crippen LogP contribution in [0.4, 0.5) is 0 Å². The predicted molar refractivity (Wildman–Crippen MR) is 183 cm³/mol. The van der Waals surface area contributed by atoms with E-state index in [1.165, 1.54) is 34.2 Å². The molecule has 246 valence electrons. The van der Waals surface area contributed by atoms with Crippen LogP contribution in [-0.2, 0) is 14.3 Å². The summed E-state index contributed by atoms with van der Waals surface area (Å²) >= 11 is 0. The Hall–Kier alpha value is -3.52. The second-order valence-corrected chi connectivity index (χ2v) is 12.7. The molecule has 0 bridgehead atoms. The summed E-state index contributed by atoms with van der Waals surface area (Å²) in [6.45, 7) is 13.3. The highest BCUT2D eigenvalue weighted by Gasteiger charge is 2.29. The quantitative estimate of drug-likeness (QED) is 0.102. The number of nitrogens with one attached hydrogen (secondary N) is 1. The third kappa shape index (κ3) is 13.2. The minimum absolute atomic E-state index is 0.182. The number of aromatic nitrogens is 4. The normalized spacial score (nSPS) is 18.1. The Bertz CT molecular complexity index is 1450. The monoisotopic (exact) mass is 618 g/mol. The topological polar surface area (TPSA) is 99.1 Å². The van der Waals surface area contributed by atoms with Gasteiger partial charge in [-0.3, -0.25) is 14.2 Å². The van der Waals surface area contributed by atoms with Crippen LogP contribution in [0.1, 0.15) is 125 Å². The highest BCUT2D eigenvalue weighted by molar-refractivity contribution is 5.70. The molecule has 3 rings (SSSR count). The van der Waals surface area contributed by atoms with E-state index < -0.39 is 0 Å². The Morgan fingerprint density at radius 2 is 1.40 bits per heavy atom. The molecule has 45 heavy (non-hydrogen) atoms. The third-order valence-corrected chi connectivity index (χ3v) is 8.22. The Morgan fingerprint density at radius 3 is 2.02 bits per heavy atom. The number of allylic oxidation sites excluding steroid dienone is 10. The zero-order valence-corrected chi connectivity index (χ0v) is 28.4. The lowest BCUT2D eigenvalue weighted by molar-refractivity contribution is -0.148. The fraction of sp³-hybridized carbons (Fsp3) is 0.568. The first-order valence-corrected chi connectivity index (χ1v) is 16.6. The van der Waals surface area contributed by atoms with E-state index in [-0.39, 0.29) is 30.5 Å². The maximum atomic E-state index is 12.4. The van der Waals surface area contributed by atoms with E-state index >= 15 is 0 Å². The van der Waals surface area contributed by atoms with Crippen molar-refractivity contribution in [2.24, 2.45) is 0 Å². The summed E-state index contributed by atoms with van der Waals surface area (Å²) in [5.41, 5.74) is 7.51. The summed E-state index contributed by atoms with van der Waals surface area (Å²) in [5.74, 6) is -0.207. The molecule has 8 nitrogen and oxygen atoms in total. The molecular weight excluding hydrogens is 564 g/mol. The number of carbonyl (C=O) groups excluding carboxylic acids is 1. The average molecular weight is 619 g/mol. The molecule has 0 radical (unpaired) electrons. The van der Waals surface area contributed by atoms with Gasteiger partial charge in [-0.25, -0.2) is 9.97 Å². The van der Waals surface area contributed by atoms with Gasteiger partial charge in [-0.15, -0.1) is 0 Å². The standard InChI is InChI=1S/C37H54N4O4/c1-27(2)12-9-15-30(5)18-10-16-28(3)13-7-8-14-29(4)17-11-19-31(6)20-23-34(42)44-24-32-21-22-33(45-32)41-26-40-35-36(41)38-25-39-37(35)43/h12-14,18-19,25-26,32-33H,7-11,15-17,20-24H2,1-6H3,(H,38,39,43). The lowest BCUT2D eigenvalue weighted by atomic mass is 10.0. The largest absolute Gasteiger partial charge is 0.463 e. The molecule has 0 saturated carbocycles. The number of fused-ring (bicyclic) bond motifs is 1. The van der Waals surface area contributed by atoms with Gasteiger partial charge < -0.3 is 14.5 Å². The molecule has 0 spiro atoms. The maximum absolute atomic E-state index is 12.4. The van der Waals surface area contributed by atoms with Crippen molar-refractivity contribution in [3.05, 3.63) is 81.3 Å². The van der Waals surface area contributed by atoms with E-state index in [2.05, 4.69) is 86.9 Å². The molecule has 0 aromatic carbocycles. The molecule has 3 heterocycles. The van der Waals surface area contributed by atoms with E-state index in [1.54, 1.807) is 10.9 Å².